The van der Waals surface area contributed by atoms with Crippen molar-refractivity contribution in [1.82, 2.24) is 0 Å². The van der Waals surface area contributed by atoms with Crippen LogP contribution < -0.4 is 5.02 Å². The molecule has 0 bridgehead atoms. The molecule has 10 heavy (non-hydrogen) atoms. The molecule has 1 N–H and O–H groups in total. The van der Waals surface area contributed by atoms with Crippen LogP contribution >= 0.6 is 0 Å². The second-order valence-corrected chi connectivity index (χ2v) is 2.84. The summed E-state index contributed by atoms with van der Waals surface area (Å²) in [6.45, 7) is 1.78. The maximum absolute atomic E-state index is 8.86. The fourth-order valence-electron chi connectivity index (χ4n) is 0. The zero-order valence-corrected chi connectivity index (χ0v) is 6.87. The van der Waals surface area contributed by atoms with Gasteiger partial charge >= 0.3 is 17.1 Å². The first kappa shape index (κ1) is 12.3. The van der Waals surface area contributed by atoms with Gasteiger partial charge in [0.2, 0.25) is 0 Å². The van der Waals surface area contributed by atoms with E-state index in [1.165, 1.54) is 0 Å². The Kier molecular flexibility index (Phi) is 6.60. The van der Waals surface area contributed by atoms with E-state index in [9.17, 15) is 0 Å². The molecule has 0 aliphatic carbocycles. The average Bonchev–Trinajstić information content (AvgIpc) is 1.64. The molecule has 0 spiro atoms. The molecule has 1 unspecified atom stereocenters. The monoisotopic (exact) mass is 147 g/mol. The quantitative estimate of drug-likeness (QED) is 0.274. The van der Waals surface area contributed by atoms with Gasteiger partial charge in [-0.25, -0.2) is 0 Å². The summed E-state index contributed by atoms with van der Waals surface area (Å²) >= 11 is 0. The van der Waals surface area contributed by atoms with Gasteiger partial charge in [0.05, 0.1) is 21.1 Å². The molecule has 0 amide bonds. The minimum atomic E-state index is -0.500. The van der Waals surface area contributed by atoms with Gasteiger partial charge in [0.1, 0.15) is 0 Å². The molecule has 0 rings (SSSR count). The molecule has 0 saturated carbocycles. The Bertz CT molecular complexity index is 89.4. The van der Waals surface area contributed by atoms with E-state index in [1.807, 2.05) is 21.1 Å². The second kappa shape index (κ2) is 5.38. The Hall–Kier alpha value is -0.415. The number of aliphatic hydroxyl groups is 1. The SMILES string of the molecule is CC(O)[N+](C)(C)C.O=B[O-]. The molecule has 0 aromatic heterocycles. The first-order chi connectivity index (χ1) is 4.36. The molecular weight excluding hydrogens is 133 g/mol. The predicted octanol–water partition coefficient (Wildman–Crippen LogP) is -1.66. The van der Waals surface area contributed by atoms with Crippen molar-refractivity contribution in [1.29, 1.82) is 0 Å². The van der Waals surface area contributed by atoms with Crippen LogP contribution in [0.2, 0.25) is 0 Å². The van der Waals surface area contributed by atoms with Crippen molar-refractivity contribution < 1.29 is 19.3 Å². The van der Waals surface area contributed by atoms with E-state index < -0.39 is 7.35 Å². The Morgan fingerprint density at radius 2 is 1.60 bits per heavy atom. The van der Waals surface area contributed by atoms with Gasteiger partial charge < -0.3 is 9.59 Å². The van der Waals surface area contributed by atoms with E-state index in [0.29, 0.717) is 4.48 Å². The molecule has 1 atom stereocenters. The van der Waals surface area contributed by atoms with Crippen LogP contribution in [0.3, 0.4) is 0 Å². The molecule has 60 valence electrons. The molecule has 0 saturated heterocycles. The topological polar surface area (TPSA) is 60.4 Å². The third kappa shape index (κ3) is 10.5. The van der Waals surface area contributed by atoms with Gasteiger partial charge in [-0.2, -0.15) is 0 Å². The summed E-state index contributed by atoms with van der Waals surface area (Å²) in [5.41, 5.74) is 0. The summed E-state index contributed by atoms with van der Waals surface area (Å²) in [7, 11) is 5.35. The van der Waals surface area contributed by atoms with Gasteiger partial charge in [0.15, 0.2) is 6.23 Å². The van der Waals surface area contributed by atoms with Crippen molar-refractivity contribution in [2.45, 2.75) is 13.2 Å². The maximum atomic E-state index is 8.86. The van der Waals surface area contributed by atoms with Crippen molar-refractivity contribution in [3.05, 3.63) is 0 Å². The standard InChI is InChI=1S/C5H14NO.BO2/c1-5(7)6(2,3)4;2-1-3/h5,7H,1-4H3;/q+1;-1. The van der Waals surface area contributed by atoms with Crippen LogP contribution in [0.1, 0.15) is 6.92 Å². The number of hydrogen-bond donors (Lipinski definition) is 1. The van der Waals surface area contributed by atoms with Crippen LogP contribution in [0.25, 0.3) is 0 Å². The summed E-state index contributed by atoms with van der Waals surface area (Å²) < 4.78 is 8.86. The van der Waals surface area contributed by atoms with Gasteiger partial charge in [0.25, 0.3) is 0 Å². The number of hydrogen-bond acceptors (Lipinski definition) is 3. The first-order valence-electron chi connectivity index (χ1n) is 2.91. The molecule has 0 aromatic carbocycles. The summed E-state index contributed by atoms with van der Waals surface area (Å²) in [5, 5.41) is 17.1. The van der Waals surface area contributed by atoms with Crippen molar-refractivity contribution in [3.8, 4) is 0 Å². The second-order valence-electron chi connectivity index (χ2n) is 2.84. The van der Waals surface area contributed by atoms with E-state index >= 15 is 0 Å². The van der Waals surface area contributed by atoms with E-state index in [-0.39, 0.29) is 6.23 Å². The Morgan fingerprint density at radius 3 is 1.60 bits per heavy atom. The summed E-state index contributed by atoms with van der Waals surface area (Å²) in [5.74, 6) is 0. The summed E-state index contributed by atoms with van der Waals surface area (Å²) in [6, 6.07) is 0. The number of rotatable bonds is 1. The van der Waals surface area contributed by atoms with Crippen molar-refractivity contribution in [2.75, 3.05) is 21.1 Å². The number of aliphatic hydroxyl groups excluding tert-OH is 1. The van der Waals surface area contributed by atoms with Gasteiger partial charge in [-0.1, -0.05) is 0 Å². The zero-order chi connectivity index (χ0) is 8.78. The van der Waals surface area contributed by atoms with Gasteiger partial charge in [-0.05, 0) is 0 Å². The normalized spacial score (nSPS) is 12.5. The average molecular weight is 147 g/mol. The fourth-order valence-corrected chi connectivity index (χ4v) is 0. The zero-order valence-electron chi connectivity index (χ0n) is 6.87. The summed E-state index contributed by atoms with van der Waals surface area (Å²) in [6.07, 6.45) is -0.264. The molecule has 5 heteroatoms. The third-order valence-corrected chi connectivity index (χ3v) is 1.12. The van der Waals surface area contributed by atoms with Crippen LogP contribution in [0, 0.1) is 0 Å². The van der Waals surface area contributed by atoms with E-state index in [0.717, 1.165) is 0 Å². The molecule has 0 fully saturated rings. The van der Waals surface area contributed by atoms with Crippen LogP contribution in [0.5, 0.6) is 0 Å². The van der Waals surface area contributed by atoms with Crippen molar-refractivity contribution >= 4 is 7.35 Å². The molecule has 4 nitrogen and oxygen atoms in total. The minimum absolute atomic E-state index is 0.264. The van der Waals surface area contributed by atoms with E-state index in [4.69, 9.17) is 14.8 Å². The first-order valence-corrected chi connectivity index (χ1v) is 2.91. The molecule has 0 aliphatic heterocycles. The summed E-state index contributed by atoms with van der Waals surface area (Å²) in [4.78, 5) is 0. The van der Waals surface area contributed by atoms with Crippen LogP contribution in [0.4, 0.5) is 0 Å². The van der Waals surface area contributed by atoms with Crippen molar-refractivity contribution in [3.63, 3.8) is 0 Å². The molecule has 0 aliphatic rings. The van der Waals surface area contributed by atoms with E-state index in [1.54, 1.807) is 6.92 Å². The number of quaternary nitrogens is 1. The van der Waals surface area contributed by atoms with Crippen LogP contribution in [0.15, 0.2) is 0 Å². The Labute approximate surface area is 62.0 Å². The van der Waals surface area contributed by atoms with Gasteiger partial charge in [-0.15, -0.1) is 0 Å². The third-order valence-electron chi connectivity index (χ3n) is 1.12. The van der Waals surface area contributed by atoms with Crippen LogP contribution in [-0.4, -0.2) is 44.3 Å². The van der Waals surface area contributed by atoms with Gasteiger partial charge in [0, 0.05) is 6.92 Å². The number of nitrogens with zero attached hydrogens (tertiary/aromatic N) is 1. The van der Waals surface area contributed by atoms with Crippen LogP contribution in [-0.2, 0) is 4.70 Å². The van der Waals surface area contributed by atoms with Gasteiger partial charge in [-0.3, -0.25) is 0 Å². The Morgan fingerprint density at radius 1 is 1.50 bits per heavy atom. The molecular formula is C5H14BNO3. The van der Waals surface area contributed by atoms with E-state index in [2.05, 4.69) is 0 Å². The van der Waals surface area contributed by atoms with Crippen molar-refractivity contribution in [2.24, 2.45) is 0 Å². The predicted molar refractivity (Wildman–Crippen MR) is 36.2 cm³/mol. The molecule has 0 heterocycles. The molecule has 0 radical (unpaired) electrons. The fraction of sp³-hybridized carbons (Fsp3) is 1.00. The Balaban J connectivity index is 0. The molecule has 0 aromatic rings.